The summed E-state index contributed by atoms with van der Waals surface area (Å²) in [7, 11) is 2.17. The van der Waals surface area contributed by atoms with Crippen LogP contribution >= 0.6 is 0 Å². The van der Waals surface area contributed by atoms with Crippen molar-refractivity contribution in [1.29, 1.82) is 0 Å². The van der Waals surface area contributed by atoms with Crippen LogP contribution in [0.1, 0.15) is 5.82 Å². The lowest BCUT2D eigenvalue weighted by Gasteiger charge is -2.44. The zero-order chi connectivity index (χ0) is 15.8. The van der Waals surface area contributed by atoms with E-state index in [2.05, 4.69) is 37.2 Å². The van der Waals surface area contributed by atoms with E-state index >= 15 is 0 Å². The molecular formula is C15H20N8. The van der Waals surface area contributed by atoms with Gasteiger partial charge in [0.1, 0.15) is 5.82 Å². The van der Waals surface area contributed by atoms with Crippen LogP contribution in [0.5, 0.6) is 0 Å². The smallest absolute Gasteiger partial charge is 0.178 e. The van der Waals surface area contributed by atoms with Crippen molar-refractivity contribution in [1.82, 2.24) is 34.5 Å². The monoisotopic (exact) mass is 312 g/mol. The number of fused-ring (bicyclic) bond motifs is 1. The molecular weight excluding hydrogens is 292 g/mol. The largest absolute Gasteiger partial charge is 0.352 e. The maximum absolute atomic E-state index is 4.62. The zero-order valence-electron chi connectivity index (χ0n) is 13.4. The topological polar surface area (TPSA) is 67.4 Å². The van der Waals surface area contributed by atoms with Crippen LogP contribution in [0.2, 0.25) is 0 Å². The van der Waals surface area contributed by atoms with Crippen molar-refractivity contribution in [3.63, 3.8) is 0 Å². The van der Waals surface area contributed by atoms with Gasteiger partial charge in [-0.1, -0.05) is 0 Å². The summed E-state index contributed by atoms with van der Waals surface area (Å²) in [5.41, 5.74) is 0.791. The molecule has 1 saturated heterocycles. The summed E-state index contributed by atoms with van der Waals surface area (Å²) in [4.78, 5) is 4.68. The summed E-state index contributed by atoms with van der Waals surface area (Å²) < 4.78 is 3.77. The number of anilines is 1. The minimum Gasteiger partial charge on any atom is -0.352 e. The van der Waals surface area contributed by atoms with Gasteiger partial charge in [0.15, 0.2) is 11.5 Å². The number of hydrogen-bond acceptors (Lipinski definition) is 6. The number of nitrogens with zero attached hydrogens (tertiary/aromatic N) is 8. The minimum absolute atomic E-state index is 0.560. The summed E-state index contributed by atoms with van der Waals surface area (Å²) >= 11 is 0. The van der Waals surface area contributed by atoms with E-state index in [1.54, 1.807) is 4.52 Å². The Morgan fingerprint density at radius 1 is 1.26 bits per heavy atom. The molecule has 0 bridgehead atoms. The predicted molar refractivity (Wildman–Crippen MR) is 86.4 cm³/mol. The van der Waals surface area contributed by atoms with Crippen molar-refractivity contribution >= 4 is 11.5 Å². The fourth-order valence-electron chi connectivity index (χ4n) is 2.85. The molecule has 0 N–H and O–H groups in total. The molecule has 23 heavy (non-hydrogen) atoms. The molecule has 3 aromatic rings. The molecule has 0 amide bonds. The van der Waals surface area contributed by atoms with Crippen LogP contribution in [0.25, 0.3) is 5.65 Å². The third-order valence-electron chi connectivity index (χ3n) is 4.46. The molecule has 120 valence electrons. The standard InChI is InChI=1S/C15H20N8/c1-12-17-18-14-4-5-15(19-23(12)14)21-10-13(11-21)20(2)8-9-22-7-3-6-16-22/h3-7,13H,8-11H2,1-2H3. The van der Waals surface area contributed by atoms with E-state index in [0.717, 1.165) is 43.5 Å². The van der Waals surface area contributed by atoms with Gasteiger partial charge >= 0.3 is 0 Å². The zero-order valence-corrected chi connectivity index (χ0v) is 13.4. The molecule has 0 aliphatic carbocycles. The summed E-state index contributed by atoms with van der Waals surface area (Å²) in [5.74, 6) is 1.80. The maximum Gasteiger partial charge on any atom is 0.178 e. The Bertz CT molecular complexity index is 787. The summed E-state index contributed by atoms with van der Waals surface area (Å²) in [6, 6.07) is 6.51. The molecule has 0 radical (unpaired) electrons. The predicted octanol–water partition coefficient (Wildman–Crippen LogP) is 0.450. The molecule has 4 rings (SSSR count). The van der Waals surface area contributed by atoms with Crippen LogP contribution in [0, 0.1) is 6.92 Å². The van der Waals surface area contributed by atoms with Crippen LogP contribution in [0.3, 0.4) is 0 Å². The SMILES string of the molecule is Cc1nnc2ccc(N3CC(N(C)CCn4cccn4)C3)nn12. The Balaban J connectivity index is 1.35. The molecule has 1 aliphatic heterocycles. The first kappa shape index (κ1) is 14.1. The van der Waals surface area contributed by atoms with Gasteiger partial charge in [-0.05, 0) is 32.2 Å². The van der Waals surface area contributed by atoms with Gasteiger partial charge in [-0.3, -0.25) is 9.58 Å². The average molecular weight is 312 g/mol. The highest BCUT2D eigenvalue weighted by atomic mass is 15.4. The summed E-state index contributed by atoms with van der Waals surface area (Å²) in [6.07, 6.45) is 3.82. The van der Waals surface area contributed by atoms with Gasteiger partial charge in [-0.25, -0.2) is 0 Å². The van der Waals surface area contributed by atoms with Crippen LogP contribution in [0.4, 0.5) is 5.82 Å². The number of aryl methyl sites for hydroxylation is 1. The Labute approximate surface area is 134 Å². The number of hydrogen-bond donors (Lipinski definition) is 0. The first-order chi connectivity index (χ1) is 11.2. The van der Waals surface area contributed by atoms with Gasteiger partial charge in [0.2, 0.25) is 0 Å². The normalized spacial score (nSPS) is 15.5. The fourth-order valence-corrected chi connectivity index (χ4v) is 2.85. The Morgan fingerprint density at radius 3 is 2.91 bits per heavy atom. The second-order valence-electron chi connectivity index (χ2n) is 6.02. The van der Waals surface area contributed by atoms with E-state index in [-0.39, 0.29) is 0 Å². The van der Waals surface area contributed by atoms with E-state index in [1.807, 2.05) is 42.2 Å². The molecule has 8 heteroatoms. The summed E-state index contributed by atoms with van der Waals surface area (Å²) in [6.45, 7) is 5.82. The second kappa shape index (κ2) is 5.62. The Morgan fingerprint density at radius 2 is 2.13 bits per heavy atom. The third kappa shape index (κ3) is 2.65. The van der Waals surface area contributed by atoms with E-state index in [4.69, 9.17) is 0 Å². The van der Waals surface area contributed by atoms with Gasteiger partial charge < -0.3 is 4.90 Å². The average Bonchev–Trinajstić information content (AvgIpc) is 3.14. The van der Waals surface area contributed by atoms with E-state index in [1.165, 1.54) is 0 Å². The molecule has 0 aromatic carbocycles. The molecule has 0 saturated carbocycles. The molecule has 8 nitrogen and oxygen atoms in total. The van der Waals surface area contributed by atoms with Crippen molar-refractivity contribution in [3.05, 3.63) is 36.4 Å². The highest BCUT2D eigenvalue weighted by Gasteiger charge is 2.31. The second-order valence-corrected chi connectivity index (χ2v) is 6.02. The lowest BCUT2D eigenvalue weighted by Crippen LogP contribution is -2.59. The van der Waals surface area contributed by atoms with Crippen molar-refractivity contribution in [2.75, 3.05) is 31.6 Å². The van der Waals surface area contributed by atoms with Crippen LogP contribution in [-0.2, 0) is 6.54 Å². The molecule has 0 unspecified atom stereocenters. The van der Waals surface area contributed by atoms with E-state index < -0.39 is 0 Å². The van der Waals surface area contributed by atoms with Crippen molar-refractivity contribution in [2.24, 2.45) is 0 Å². The van der Waals surface area contributed by atoms with Crippen LogP contribution in [0.15, 0.2) is 30.6 Å². The molecule has 3 aromatic heterocycles. The minimum atomic E-state index is 0.560. The van der Waals surface area contributed by atoms with Gasteiger partial charge in [0.25, 0.3) is 0 Å². The number of rotatable bonds is 5. The lowest BCUT2D eigenvalue weighted by molar-refractivity contribution is 0.195. The highest BCUT2D eigenvalue weighted by Crippen LogP contribution is 2.21. The first-order valence-corrected chi connectivity index (χ1v) is 7.82. The van der Waals surface area contributed by atoms with Crippen molar-refractivity contribution in [2.45, 2.75) is 19.5 Å². The van der Waals surface area contributed by atoms with Crippen LogP contribution in [-0.4, -0.2) is 67.2 Å². The van der Waals surface area contributed by atoms with Gasteiger partial charge in [-0.2, -0.15) is 9.61 Å². The van der Waals surface area contributed by atoms with Crippen molar-refractivity contribution in [3.8, 4) is 0 Å². The quantitative estimate of drug-likeness (QED) is 0.681. The first-order valence-electron chi connectivity index (χ1n) is 7.82. The molecule has 1 aliphatic rings. The Kier molecular flexibility index (Phi) is 3.45. The molecule has 0 atom stereocenters. The lowest BCUT2D eigenvalue weighted by atomic mass is 10.1. The highest BCUT2D eigenvalue weighted by molar-refractivity contribution is 5.47. The summed E-state index contributed by atoms with van der Waals surface area (Å²) in [5, 5.41) is 17.0. The van der Waals surface area contributed by atoms with Crippen LogP contribution < -0.4 is 4.90 Å². The molecule has 0 spiro atoms. The van der Waals surface area contributed by atoms with Gasteiger partial charge in [0.05, 0.1) is 6.54 Å². The molecule has 4 heterocycles. The van der Waals surface area contributed by atoms with E-state index in [9.17, 15) is 0 Å². The third-order valence-corrected chi connectivity index (χ3v) is 4.46. The number of likely N-dealkylation sites (N-methyl/N-ethyl adjacent to an activating group) is 1. The van der Waals surface area contributed by atoms with Gasteiger partial charge in [0, 0.05) is 38.1 Å². The molecule has 1 fully saturated rings. The van der Waals surface area contributed by atoms with Gasteiger partial charge in [-0.15, -0.1) is 15.3 Å². The Hall–Kier alpha value is -2.48. The number of aromatic nitrogens is 6. The van der Waals surface area contributed by atoms with Crippen molar-refractivity contribution < 1.29 is 0 Å². The fraction of sp³-hybridized carbons (Fsp3) is 0.467. The van der Waals surface area contributed by atoms with E-state index in [0.29, 0.717) is 6.04 Å². The maximum atomic E-state index is 4.62.